The maximum Gasteiger partial charge on any atom is 0.416 e. The summed E-state index contributed by atoms with van der Waals surface area (Å²) in [5.41, 5.74) is 0.332. The number of aliphatic hydroxyl groups excluding tert-OH is 1. The number of nitrogens with one attached hydrogen (secondary N) is 1. The molecule has 9 heteroatoms. The van der Waals surface area contributed by atoms with Crippen molar-refractivity contribution < 1.29 is 18.3 Å². The molecule has 182 valence electrons. The van der Waals surface area contributed by atoms with Crippen molar-refractivity contribution in [1.29, 1.82) is 0 Å². The average Bonchev–Trinajstić information content (AvgIpc) is 3.19. The van der Waals surface area contributed by atoms with E-state index in [-0.39, 0.29) is 12.4 Å². The Bertz CT molecular complexity index is 887. The molecule has 0 saturated carbocycles. The third-order valence-electron chi connectivity index (χ3n) is 5.96. The van der Waals surface area contributed by atoms with E-state index in [9.17, 15) is 18.3 Å². The fourth-order valence-corrected chi connectivity index (χ4v) is 4.31. The van der Waals surface area contributed by atoms with Gasteiger partial charge in [0.05, 0.1) is 12.2 Å². The van der Waals surface area contributed by atoms with Gasteiger partial charge in [-0.1, -0.05) is 6.92 Å². The summed E-state index contributed by atoms with van der Waals surface area (Å²) >= 11 is 0. The summed E-state index contributed by atoms with van der Waals surface area (Å²) in [6, 6.07) is 6.31. The highest BCUT2D eigenvalue weighted by atomic mass is 19.4. The lowest BCUT2D eigenvalue weighted by Gasteiger charge is -2.24. The Morgan fingerprint density at radius 3 is 2.67 bits per heavy atom. The van der Waals surface area contributed by atoms with Gasteiger partial charge in [0.25, 0.3) is 0 Å². The SMILES string of the molecule is CCCN(CCO)CCCc1cc(Nc2cc(C(F)(F)F)ccn2)nc(N2CCC[C@H]2C)c1. The number of alkyl halides is 3. The van der Waals surface area contributed by atoms with E-state index in [1.807, 2.05) is 6.07 Å². The molecule has 3 heterocycles. The van der Waals surface area contributed by atoms with Gasteiger partial charge in [-0.25, -0.2) is 9.97 Å². The Balaban J connectivity index is 1.79. The van der Waals surface area contributed by atoms with Crippen LogP contribution in [0.15, 0.2) is 30.5 Å². The van der Waals surface area contributed by atoms with Crippen LogP contribution in [0.3, 0.4) is 0 Å². The van der Waals surface area contributed by atoms with E-state index < -0.39 is 11.7 Å². The van der Waals surface area contributed by atoms with Crippen molar-refractivity contribution in [2.24, 2.45) is 0 Å². The van der Waals surface area contributed by atoms with Crippen LogP contribution in [0.2, 0.25) is 0 Å². The molecule has 1 aliphatic heterocycles. The maximum atomic E-state index is 13.1. The van der Waals surface area contributed by atoms with E-state index >= 15 is 0 Å². The number of pyridine rings is 2. The number of hydrogen-bond acceptors (Lipinski definition) is 6. The zero-order valence-corrected chi connectivity index (χ0v) is 19.4. The van der Waals surface area contributed by atoms with E-state index in [2.05, 4.69) is 40.0 Å². The fraction of sp³-hybridized carbons (Fsp3) is 0.583. The van der Waals surface area contributed by atoms with Crippen molar-refractivity contribution in [3.8, 4) is 0 Å². The van der Waals surface area contributed by atoms with Crippen LogP contribution in [-0.2, 0) is 12.6 Å². The van der Waals surface area contributed by atoms with Crippen molar-refractivity contribution >= 4 is 17.5 Å². The summed E-state index contributed by atoms with van der Waals surface area (Å²) in [5, 5.41) is 12.3. The number of aliphatic hydroxyl groups is 1. The van der Waals surface area contributed by atoms with Gasteiger partial charge in [-0.15, -0.1) is 0 Å². The molecular formula is C24H34F3N5O. The van der Waals surface area contributed by atoms with Gasteiger partial charge in [-0.2, -0.15) is 13.2 Å². The topological polar surface area (TPSA) is 64.5 Å². The number of anilines is 3. The molecule has 0 bridgehead atoms. The second kappa shape index (κ2) is 11.7. The smallest absolute Gasteiger partial charge is 0.395 e. The number of aromatic nitrogens is 2. The molecule has 3 rings (SSSR count). The highest BCUT2D eigenvalue weighted by Crippen LogP contribution is 2.31. The fourth-order valence-electron chi connectivity index (χ4n) is 4.31. The van der Waals surface area contributed by atoms with Crippen molar-refractivity contribution in [3.63, 3.8) is 0 Å². The van der Waals surface area contributed by atoms with E-state index in [1.165, 1.54) is 0 Å². The summed E-state index contributed by atoms with van der Waals surface area (Å²) in [7, 11) is 0. The third kappa shape index (κ3) is 7.30. The standard InChI is InChI=1S/C24H34F3N5O/c1-3-10-31(13-14-33)11-5-7-19-15-22(30-23(16-19)32-12-4-6-18(32)2)29-21-17-20(8-9-28-21)24(25,26)27/h8-9,15-18,33H,3-7,10-14H2,1-2H3,(H,28,29,30)/t18-/m1/s1. The van der Waals surface area contributed by atoms with Crippen molar-refractivity contribution in [2.75, 3.05) is 43.0 Å². The number of rotatable bonds is 11. The molecule has 0 aliphatic carbocycles. The van der Waals surface area contributed by atoms with Gasteiger partial charge in [0, 0.05) is 25.3 Å². The molecule has 33 heavy (non-hydrogen) atoms. The Hall–Kier alpha value is -2.39. The van der Waals surface area contributed by atoms with E-state index in [0.29, 0.717) is 18.4 Å². The van der Waals surface area contributed by atoms with Gasteiger partial charge in [0.2, 0.25) is 0 Å². The maximum absolute atomic E-state index is 13.1. The van der Waals surface area contributed by atoms with Crippen LogP contribution >= 0.6 is 0 Å². The Morgan fingerprint density at radius 1 is 1.18 bits per heavy atom. The molecule has 1 saturated heterocycles. The molecule has 0 amide bonds. The molecule has 0 spiro atoms. The van der Waals surface area contributed by atoms with Crippen LogP contribution in [0.1, 0.15) is 50.7 Å². The lowest BCUT2D eigenvalue weighted by atomic mass is 10.1. The van der Waals surface area contributed by atoms with Crippen LogP contribution in [0, 0.1) is 0 Å². The molecule has 0 radical (unpaired) electrons. The third-order valence-corrected chi connectivity index (χ3v) is 5.96. The lowest BCUT2D eigenvalue weighted by Crippen LogP contribution is -2.29. The van der Waals surface area contributed by atoms with Crippen molar-refractivity contribution in [1.82, 2.24) is 14.9 Å². The van der Waals surface area contributed by atoms with Gasteiger partial charge >= 0.3 is 6.18 Å². The zero-order chi connectivity index (χ0) is 23.8. The summed E-state index contributed by atoms with van der Waals surface area (Å²) < 4.78 is 39.3. The highest BCUT2D eigenvalue weighted by molar-refractivity contribution is 5.58. The molecule has 1 fully saturated rings. The molecule has 1 aliphatic rings. The Labute approximate surface area is 193 Å². The summed E-state index contributed by atoms with van der Waals surface area (Å²) in [4.78, 5) is 13.3. The van der Waals surface area contributed by atoms with Crippen molar-refractivity contribution in [2.45, 2.75) is 58.2 Å². The molecule has 2 N–H and O–H groups in total. The molecule has 0 aromatic carbocycles. The minimum atomic E-state index is -4.43. The number of aryl methyl sites for hydroxylation is 1. The van der Waals surface area contributed by atoms with Gasteiger partial charge in [-0.05, 0) is 81.9 Å². The van der Waals surface area contributed by atoms with Gasteiger partial charge in [0.1, 0.15) is 17.5 Å². The van der Waals surface area contributed by atoms with Crippen LogP contribution in [0.4, 0.5) is 30.6 Å². The summed E-state index contributed by atoms with van der Waals surface area (Å²) in [6.07, 6.45) is 1.68. The average molecular weight is 466 g/mol. The summed E-state index contributed by atoms with van der Waals surface area (Å²) in [5.74, 6) is 1.45. The molecule has 6 nitrogen and oxygen atoms in total. The van der Waals surface area contributed by atoms with Crippen LogP contribution in [0.25, 0.3) is 0 Å². The van der Waals surface area contributed by atoms with Crippen LogP contribution in [0.5, 0.6) is 0 Å². The highest BCUT2D eigenvalue weighted by Gasteiger charge is 2.30. The first kappa shape index (κ1) is 25.2. The van der Waals surface area contributed by atoms with E-state index in [1.54, 1.807) is 0 Å². The number of halogens is 3. The largest absolute Gasteiger partial charge is 0.416 e. The first-order valence-corrected chi connectivity index (χ1v) is 11.7. The first-order valence-electron chi connectivity index (χ1n) is 11.7. The Morgan fingerprint density at radius 2 is 2.00 bits per heavy atom. The predicted molar refractivity (Wildman–Crippen MR) is 125 cm³/mol. The quantitative estimate of drug-likeness (QED) is 0.494. The number of nitrogens with zero attached hydrogens (tertiary/aromatic N) is 4. The molecule has 0 unspecified atom stereocenters. The number of hydrogen-bond donors (Lipinski definition) is 2. The minimum Gasteiger partial charge on any atom is -0.395 e. The van der Waals surface area contributed by atoms with Crippen molar-refractivity contribution in [3.05, 3.63) is 41.6 Å². The van der Waals surface area contributed by atoms with E-state index in [4.69, 9.17) is 4.98 Å². The zero-order valence-electron chi connectivity index (χ0n) is 19.4. The Kier molecular flexibility index (Phi) is 8.91. The van der Waals surface area contributed by atoms with E-state index in [0.717, 1.165) is 81.4 Å². The van der Waals surface area contributed by atoms with Crippen LogP contribution in [-0.4, -0.2) is 58.8 Å². The van der Waals surface area contributed by atoms with Gasteiger partial charge in [-0.3, -0.25) is 0 Å². The summed E-state index contributed by atoms with van der Waals surface area (Å²) in [6.45, 7) is 7.83. The normalized spacial score (nSPS) is 16.6. The minimum absolute atomic E-state index is 0.118. The van der Waals surface area contributed by atoms with Crippen LogP contribution < -0.4 is 10.2 Å². The van der Waals surface area contributed by atoms with Gasteiger partial charge in [0.15, 0.2) is 0 Å². The first-order chi connectivity index (χ1) is 15.8. The second-order valence-electron chi connectivity index (χ2n) is 8.62. The molecular weight excluding hydrogens is 431 g/mol. The lowest BCUT2D eigenvalue weighted by molar-refractivity contribution is -0.137. The molecule has 1 atom stereocenters. The van der Waals surface area contributed by atoms with Gasteiger partial charge < -0.3 is 20.2 Å². The molecule has 2 aromatic rings. The predicted octanol–water partition coefficient (Wildman–Crippen LogP) is 4.86. The second-order valence-corrected chi connectivity index (χ2v) is 8.62. The monoisotopic (exact) mass is 465 g/mol. The molecule has 2 aromatic heterocycles.